The van der Waals surface area contributed by atoms with Crippen LogP contribution in [0.1, 0.15) is 32.3 Å². The Bertz CT molecular complexity index is 442. The Balaban J connectivity index is 1.61. The fraction of sp³-hybridized carbons (Fsp3) is 0.667. The lowest BCUT2D eigenvalue weighted by molar-refractivity contribution is -0.0627. The third kappa shape index (κ3) is 5.59. The van der Waals surface area contributed by atoms with E-state index in [2.05, 4.69) is 67.7 Å². The minimum absolute atomic E-state index is 0.0253. The Kier molecular flexibility index (Phi) is 6.24. The molecule has 1 aliphatic heterocycles. The van der Waals surface area contributed by atoms with Crippen LogP contribution in [-0.4, -0.2) is 45.4 Å². The van der Waals surface area contributed by atoms with Crippen molar-refractivity contribution in [3.8, 4) is 0 Å². The molecule has 124 valence electrons. The van der Waals surface area contributed by atoms with Crippen LogP contribution in [0.4, 0.5) is 5.69 Å². The predicted octanol–water partition coefficient (Wildman–Crippen LogP) is 2.39. The Morgan fingerprint density at radius 3 is 2.55 bits per heavy atom. The van der Waals surface area contributed by atoms with Crippen LogP contribution in [-0.2, 0) is 11.3 Å². The van der Waals surface area contributed by atoms with Crippen LogP contribution >= 0.6 is 0 Å². The van der Waals surface area contributed by atoms with Crippen molar-refractivity contribution >= 4 is 5.69 Å². The standard InChI is InChI=1S/C18H31N3O/c1-18(2)13-16(9-12-22-18)20-11-10-19-14-15-5-7-17(8-6-15)21(3)4/h5-8,16,19-20H,9-14H2,1-4H3. The van der Waals surface area contributed by atoms with Crippen LogP contribution in [0.3, 0.4) is 0 Å². The van der Waals surface area contributed by atoms with Gasteiger partial charge in [-0.3, -0.25) is 0 Å². The largest absolute Gasteiger partial charge is 0.378 e. The molecule has 0 amide bonds. The number of hydrogen-bond acceptors (Lipinski definition) is 4. The first-order chi connectivity index (χ1) is 10.5. The summed E-state index contributed by atoms with van der Waals surface area (Å²) in [6.45, 7) is 8.15. The van der Waals surface area contributed by atoms with E-state index >= 15 is 0 Å². The zero-order valence-electron chi connectivity index (χ0n) is 14.5. The van der Waals surface area contributed by atoms with Gasteiger partial charge in [0.1, 0.15) is 0 Å². The highest BCUT2D eigenvalue weighted by molar-refractivity contribution is 5.45. The number of nitrogens with zero attached hydrogens (tertiary/aromatic N) is 1. The Morgan fingerprint density at radius 1 is 1.18 bits per heavy atom. The molecule has 0 aromatic heterocycles. The van der Waals surface area contributed by atoms with E-state index in [0.717, 1.165) is 39.1 Å². The molecule has 1 fully saturated rings. The van der Waals surface area contributed by atoms with Gasteiger partial charge in [-0.25, -0.2) is 0 Å². The highest BCUT2D eigenvalue weighted by atomic mass is 16.5. The highest BCUT2D eigenvalue weighted by Gasteiger charge is 2.28. The molecule has 0 saturated carbocycles. The van der Waals surface area contributed by atoms with Crippen LogP contribution in [0.15, 0.2) is 24.3 Å². The molecular formula is C18H31N3O. The van der Waals surface area contributed by atoms with Crippen molar-refractivity contribution < 1.29 is 4.74 Å². The Hall–Kier alpha value is -1.10. The van der Waals surface area contributed by atoms with Gasteiger partial charge in [0.2, 0.25) is 0 Å². The van der Waals surface area contributed by atoms with Gasteiger partial charge in [-0.15, -0.1) is 0 Å². The van der Waals surface area contributed by atoms with E-state index in [0.29, 0.717) is 6.04 Å². The zero-order valence-corrected chi connectivity index (χ0v) is 14.5. The van der Waals surface area contributed by atoms with Gasteiger partial charge in [-0.2, -0.15) is 0 Å². The van der Waals surface area contributed by atoms with Crippen LogP contribution < -0.4 is 15.5 Å². The molecule has 1 aromatic carbocycles. The molecule has 0 bridgehead atoms. The van der Waals surface area contributed by atoms with E-state index < -0.39 is 0 Å². The molecule has 1 atom stereocenters. The summed E-state index contributed by atoms with van der Waals surface area (Å²) in [6.07, 6.45) is 2.22. The molecule has 1 heterocycles. The summed E-state index contributed by atoms with van der Waals surface area (Å²) in [5.74, 6) is 0. The highest BCUT2D eigenvalue weighted by Crippen LogP contribution is 2.23. The molecule has 1 unspecified atom stereocenters. The fourth-order valence-corrected chi connectivity index (χ4v) is 2.92. The second-order valence-electron chi connectivity index (χ2n) is 6.99. The SMILES string of the molecule is CN(C)c1ccc(CNCCNC2CCOC(C)(C)C2)cc1. The summed E-state index contributed by atoms with van der Waals surface area (Å²) in [4.78, 5) is 2.12. The van der Waals surface area contributed by atoms with E-state index in [1.807, 2.05) is 0 Å². The fourth-order valence-electron chi connectivity index (χ4n) is 2.92. The molecule has 4 nitrogen and oxygen atoms in total. The minimum atomic E-state index is 0.0253. The van der Waals surface area contributed by atoms with Crippen molar-refractivity contribution in [1.82, 2.24) is 10.6 Å². The summed E-state index contributed by atoms with van der Waals surface area (Å²) in [5.41, 5.74) is 2.60. The minimum Gasteiger partial charge on any atom is -0.378 e. The monoisotopic (exact) mass is 305 g/mol. The van der Waals surface area contributed by atoms with Crippen LogP contribution in [0.5, 0.6) is 0 Å². The van der Waals surface area contributed by atoms with E-state index in [-0.39, 0.29) is 5.60 Å². The van der Waals surface area contributed by atoms with Gasteiger partial charge in [-0.05, 0) is 44.4 Å². The van der Waals surface area contributed by atoms with E-state index in [9.17, 15) is 0 Å². The Morgan fingerprint density at radius 2 is 1.91 bits per heavy atom. The number of anilines is 1. The number of ether oxygens (including phenoxy) is 1. The maximum atomic E-state index is 5.75. The summed E-state index contributed by atoms with van der Waals surface area (Å²) >= 11 is 0. The van der Waals surface area contributed by atoms with Gasteiger partial charge in [-0.1, -0.05) is 12.1 Å². The van der Waals surface area contributed by atoms with Gasteiger partial charge in [0, 0.05) is 52.1 Å². The topological polar surface area (TPSA) is 36.5 Å². The molecule has 4 heteroatoms. The molecule has 0 aliphatic carbocycles. The van der Waals surface area contributed by atoms with Crippen molar-refractivity contribution in [2.75, 3.05) is 38.7 Å². The third-order valence-corrected chi connectivity index (χ3v) is 4.21. The summed E-state index contributed by atoms with van der Waals surface area (Å²) in [5, 5.41) is 7.14. The van der Waals surface area contributed by atoms with Gasteiger partial charge < -0.3 is 20.3 Å². The lowest BCUT2D eigenvalue weighted by Gasteiger charge is -2.36. The van der Waals surface area contributed by atoms with Gasteiger partial charge >= 0.3 is 0 Å². The maximum Gasteiger partial charge on any atom is 0.0641 e. The van der Waals surface area contributed by atoms with Gasteiger partial charge in [0.25, 0.3) is 0 Å². The van der Waals surface area contributed by atoms with Crippen LogP contribution in [0.25, 0.3) is 0 Å². The average molecular weight is 305 g/mol. The van der Waals surface area contributed by atoms with Crippen molar-refractivity contribution in [2.24, 2.45) is 0 Å². The molecule has 0 spiro atoms. The second-order valence-corrected chi connectivity index (χ2v) is 6.99. The van der Waals surface area contributed by atoms with Crippen LogP contribution in [0, 0.1) is 0 Å². The first kappa shape index (κ1) is 17.3. The normalized spacial score (nSPS) is 20.8. The van der Waals surface area contributed by atoms with E-state index in [1.165, 1.54) is 11.3 Å². The predicted molar refractivity (Wildman–Crippen MR) is 93.5 cm³/mol. The molecule has 22 heavy (non-hydrogen) atoms. The molecule has 1 saturated heterocycles. The number of hydrogen-bond donors (Lipinski definition) is 2. The van der Waals surface area contributed by atoms with Crippen molar-refractivity contribution in [2.45, 2.75) is 44.9 Å². The first-order valence-corrected chi connectivity index (χ1v) is 8.31. The summed E-state index contributed by atoms with van der Waals surface area (Å²) in [6, 6.07) is 9.30. The zero-order chi connectivity index (χ0) is 16.0. The van der Waals surface area contributed by atoms with E-state index in [1.54, 1.807) is 0 Å². The van der Waals surface area contributed by atoms with Crippen molar-refractivity contribution in [1.29, 1.82) is 0 Å². The quantitative estimate of drug-likeness (QED) is 0.759. The third-order valence-electron chi connectivity index (χ3n) is 4.21. The van der Waals surface area contributed by atoms with Crippen molar-refractivity contribution in [3.05, 3.63) is 29.8 Å². The second kappa shape index (κ2) is 7.95. The summed E-state index contributed by atoms with van der Waals surface area (Å²) < 4.78 is 5.75. The molecule has 1 aliphatic rings. The molecule has 1 aromatic rings. The maximum absolute atomic E-state index is 5.75. The smallest absolute Gasteiger partial charge is 0.0641 e. The van der Waals surface area contributed by atoms with Gasteiger partial charge in [0.15, 0.2) is 0 Å². The molecular weight excluding hydrogens is 274 g/mol. The van der Waals surface area contributed by atoms with Crippen LogP contribution in [0.2, 0.25) is 0 Å². The number of nitrogens with one attached hydrogen (secondary N) is 2. The lowest BCUT2D eigenvalue weighted by Crippen LogP contribution is -2.45. The number of benzene rings is 1. The summed E-state index contributed by atoms with van der Waals surface area (Å²) in [7, 11) is 4.13. The molecule has 2 rings (SSSR count). The molecule has 0 radical (unpaired) electrons. The van der Waals surface area contributed by atoms with Crippen molar-refractivity contribution in [3.63, 3.8) is 0 Å². The van der Waals surface area contributed by atoms with E-state index in [4.69, 9.17) is 4.74 Å². The number of rotatable bonds is 7. The molecule has 2 N–H and O–H groups in total. The average Bonchev–Trinajstić information content (AvgIpc) is 2.46. The lowest BCUT2D eigenvalue weighted by atomic mass is 9.94. The van der Waals surface area contributed by atoms with Gasteiger partial charge in [0.05, 0.1) is 5.60 Å². The Labute approximate surface area is 135 Å². The first-order valence-electron chi connectivity index (χ1n) is 8.31.